The van der Waals surface area contributed by atoms with Gasteiger partial charge in [0.1, 0.15) is 6.61 Å². The first kappa shape index (κ1) is 20.5. The van der Waals surface area contributed by atoms with Gasteiger partial charge in [-0.1, -0.05) is 6.92 Å². The number of ether oxygens (including phenoxy) is 3. The average molecular weight is 437 g/mol. The molecule has 0 bridgehead atoms. The van der Waals surface area contributed by atoms with E-state index < -0.39 is 11.6 Å². The number of cyclic esters (lactones) is 1. The van der Waals surface area contributed by atoms with Gasteiger partial charge in [0.2, 0.25) is 0 Å². The number of aromatic nitrogens is 2. The summed E-state index contributed by atoms with van der Waals surface area (Å²) >= 11 is 0. The maximum Gasteiger partial charge on any atom is 0.343 e. The van der Waals surface area contributed by atoms with Crippen molar-refractivity contribution in [3.8, 4) is 22.9 Å². The van der Waals surface area contributed by atoms with Crippen molar-refractivity contribution in [2.24, 2.45) is 5.73 Å². The van der Waals surface area contributed by atoms with Gasteiger partial charge in [0.15, 0.2) is 17.1 Å². The van der Waals surface area contributed by atoms with Gasteiger partial charge in [0.25, 0.3) is 5.56 Å². The van der Waals surface area contributed by atoms with Crippen LogP contribution in [-0.2, 0) is 34.8 Å². The van der Waals surface area contributed by atoms with Crippen molar-refractivity contribution in [2.75, 3.05) is 14.2 Å². The fraction of sp³-hybridized carbons (Fsp3) is 0.348. The molecule has 3 N–H and O–H groups in total. The maximum absolute atomic E-state index is 13.3. The van der Waals surface area contributed by atoms with Gasteiger partial charge in [-0.2, -0.15) is 0 Å². The zero-order valence-corrected chi connectivity index (χ0v) is 18.0. The summed E-state index contributed by atoms with van der Waals surface area (Å²) in [6.45, 7) is 2.03. The number of esters is 1. The first-order chi connectivity index (χ1) is 15.4. The number of benzene rings is 1. The van der Waals surface area contributed by atoms with Gasteiger partial charge in [0.05, 0.1) is 43.2 Å². The molecule has 5 rings (SSSR count). The van der Waals surface area contributed by atoms with Crippen LogP contribution in [0.1, 0.15) is 35.6 Å². The summed E-state index contributed by atoms with van der Waals surface area (Å²) in [5.74, 6) is 0.337. The highest BCUT2D eigenvalue weighted by molar-refractivity contribution is 5.91. The molecule has 0 unspecified atom stereocenters. The predicted molar refractivity (Wildman–Crippen MR) is 116 cm³/mol. The number of hydrogen-bond donors (Lipinski definition) is 2. The van der Waals surface area contributed by atoms with Crippen LogP contribution in [0.4, 0.5) is 0 Å². The van der Waals surface area contributed by atoms with Crippen LogP contribution in [0.25, 0.3) is 22.3 Å². The molecule has 2 aliphatic heterocycles. The number of rotatable bonds is 4. The Balaban J connectivity index is 1.82. The molecule has 0 spiro atoms. The molecule has 0 radical (unpaired) electrons. The average Bonchev–Trinajstić information content (AvgIpc) is 3.17. The molecule has 0 saturated carbocycles. The van der Waals surface area contributed by atoms with Crippen molar-refractivity contribution < 1.29 is 24.1 Å². The van der Waals surface area contributed by atoms with E-state index in [0.717, 1.165) is 16.5 Å². The van der Waals surface area contributed by atoms with E-state index in [9.17, 15) is 14.7 Å². The molecule has 0 saturated heterocycles. The highest BCUT2D eigenvalue weighted by atomic mass is 16.6. The van der Waals surface area contributed by atoms with Crippen molar-refractivity contribution in [1.82, 2.24) is 9.55 Å². The predicted octanol–water partition coefficient (Wildman–Crippen LogP) is 1.56. The molecule has 1 aromatic carbocycles. The topological polar surface area (TPSA) is 126 Å². The van der Waals surface area contributed by atoms with Gasteiger partial charge in [-0.25, -0.2) is 9.78 Å². The zero-order valence-electron chi connectivity index (χ0n) is 18.0. The van der Waals surface area contributed by atoms with Crippen LogP contribution < -0.4 is 20.8 Å². The fourth-order valence-corrected chi connectivity index (χ4v) is 4.72. The van der Waals surface area contributed by atoms with Gasteiger partial charge in [-0.3, -0.25) is 4.79 Å². The first-order valence-corrected chi connectivity index (χ1v) is 10.3. The molecule has 9 heteroatoms. The minimum Gasteiger partial charge on any atom is -0.493 e. The van der Waals surface area contributed by atoms with Gasteiger partial charge in [-0.15, -0.1) is 0 Å². The number of nitrogens with zero attached hydrogens (tertiary/aromatic N) is 2. The van der Waals surface area contributed by atoms with Gasteiger partial charge in [-0.05, 0) is 24.1 Å². The largest absolute Gasteiger partial charge is 0.493 e. The number of methoxy groups -OCH3 is 2. The molecule has 3 aromatic rings. The SMILES string of the molecule is CC[C@@]1(O)C(=O)OCc2c1cc1n(c2=O)Cc2c-1nc1cc(OC)c(OC)cc1c2CN. The first-order valence-electron chi connectivity index (χ1n) is 10.3. The minimum absolute atomic E-state index is 0.0881. The molecule has 166 valence electrons. The molecular weight excluding hydrogens is 414 g/mol. The molecular formula is C23H23N3O6. The Morgan fingerprint density at radius 1 is 1.19 bits per heavy atom. The zero-order chi connectivity index (χ0) is 22.8. The minimum atomic E-state index is -1.87. The molecule has 2 aliphatic rings. The number of fused-ring (bicyclic) bond motifs is 5. The van der Waals surface area contributed by atoms with Gasteiger partial charge < -0.3 is 29.6 Å². The number of carbonyl (C=O) groups excluding carboxylic acids is 1. The van der Waals surface area contributed by atoms with Crippen molar-refractivity contribution in [1.29, 1.82) is 0 Å². The normalized spacial score (nSPS) is 18.7. The molecule has 0 amide bonds. The van der Waals surface area contributed by atoms with Crippen molar-refractivity contribution in [3.05, 3.63) is 50.8 Å². The Bertz CT molecular complexity index is 1360. The Labute approximate surface area is 183 Å². The van der Waals surface area contributed by atoms with Crippen LogP contribution in [0.5, 0.6) is 11.5 Å². The monoisotopic (exact) mass is 437 g/mol. The van der Waals surface area contributed by atoms with E-state index in [0.29, 0.717) is 34.9 Å². The second-order valence-corrected chi connectivity index (χ2v) is 7.95. The highest BCUT2D eigenvalue weighted by Gasteiger charge is 2.45. The quantitative estimate of drug-likeness (QED) is 0.461. The molecule has 32 heavy (non-hydrogen) atoms. The van der Waals surface area contributed by atoms with E-state index in [4.69, 9.17) is 24.9 Å². The third-order valence-electron chi connectivity index (χ3n) is 6.52. The number of nitrogens with two attached hydrogens (primary N) is 1. The van der Waals surface area contributed by atoms with Crippen LogP contribution in [-0.4, -0.2) is 34.8 Å². The summed E-state index contributed by atoms with van der Waals surface area (Å²) in [5.41, 5.74) is 8.00. The summed E-state index contributed by atoms with van der Waals surface area (Å²) in [6.07, 6.45) is 0.0881. The van der Waals surface area contributed by atoms with Crippen molar-refractivity contribution in [3.63, 3.8) is 0 Å². The summed E-state index contributed by atoms with van der Waals surface area (Å²) in [5, 5.41) is 11.8. The molecule has 1 atom stereocenters. The molecule has 0 fully saturated rings. The third kappa shape index (κ3) is 2.55. The van der Waals surface area contributed by atoms with Crippen LogP contribution in [0.3, 0.4) is 0 Å². The maximum atomic E-state index is 13.3. The lowest BCUT2D eigenvalue weighted by Gasteiger charge is -2.31. The Hall–Kier alpha value is -3.43. The van der Waals surface area contributed by atoms with Gasteiger partial charge in [0, 0.05) is 29.1 Å². The number of pyridine rings is 2. The van der Waals surface area contributed by atoms with Crippen LogP contribution in [0, 0.1) is 0 Å². The van der Waals surface area contributed by atoms with E-state index in [-0.39, 0.29) is 36.3 Å². The summed E-state index contributed by atoms with van der Waals surface area (Å²) in [7, 11) is 3.11. The number of aliphatic hydroxyl groups is 1. The van der Waals surface area contributed by atoms with E-state index in [1.807, 2.05) is 6.07 Å². The molecule has 2 aromatic heterocycles. The lowest BCUT2D eigenvalue weighted by atomic mass is 9.86. The fourth-order valence-electron chi connectivity index (χ4n) is 4.72. The van der Waals surface area contributed by atoms with Crippen LogP contribution in [0.15, 0.2) is 23.0 Å². The highest BCUT2D eigenvalue weighted by Crippen LogP contribution is 2.41. The second-order valence-electron chi connectivity index (χ2n) is 7.95. The lowest BCUT2D eigenvalue weighted by molar-refractivity contribution is -0.172. The van der Waals surface area contributed by atoms with Crippen LogP contribution in [0.2, 0.25) is 0 Å². The van der Waals surface area contributed by atoms with Crippen molar-refractivity contribution >= 4 is 16.9 Å². The standard InChI is InChI=1S/C23H23N3O6/c1-4-23(29)15-6-17-20-13(9-26(17)21(27)14(15)10-32-22(23)28)12(8-24)11-5-18(30-2)19(31-3)7-16(11)25-20/h5-7,29H,4,8-10,24H2,1-3H3/t23-/m0/s1. The molecule has 4 heterocycles. The molecule has 9 nitrogen and oxygen atoms in total. The number of hydrogen-bond acceptors (Lipinski definition) is 8. The summed E-state index contributed by atoms with van der Waals surface area (Å²) < 4.78 is 17.6. The second kappa shape index (κ2) is 7.04. The Morgan fingerprint density at radius 3 is 2.56 bits per heavy atom. The van der Waals surface area contributed by atoms with E-state index in [1.54, 1.807) is 37.8 Å². The third-order valence-corrected chi connectivity index (χ3v) is 6.52. The Morgan fingerprint density at radius 2 is 1.91 bits per heavy atom. The molecule has 0 aliphatic carbocycles. The summed E-state index contributed by atoms with van der Waals surface area (Å²) in [4.78, 5) is 30.5. The summed E-state index contributed by atoms with van der Waals surface area (Å²) in [6, 6.07) is 5.29. The number of carbonyl (C=O) groups is 1. The lowest BCUT2D eigenvalue weighted by Crippen LogP contribution is -2.44. The van der Waals surface area contributed by atoms with Gasteiger partial charge >= 0.3 is 5.97 Å². The Kier molecular flexibility index (Phi) is 4.51. The van der Waals surface area contributed by atoms with E-state index in [1.165, 1.54) is 0 Å². The van der Waals surface area contributed by atoms with E-state index in [2.05, 4.69) is 0 Å². The van der Waals surface area contributed by atoms with E-state index >= 15 is 0 Å². The smallest absolute Gasteiger partial charge is 0.343 e. The van der Waals surface area contributed by atoms with Crippen LogP contribution >= 0.6 is 0 Å². The van der Waals surface area contributed by atoms with Crippen molar-refractivity contribution in [2.45, 2.75) is 38.6 Å².